The molecule has 0 bridgehead atoms. The van der Waals surface area contributed by atoms with Gasteiger partial charge in [-0.15, -0.1) is 0 Å². The van der Waals surface area contributed by atoms with Gasteiger partial charge in [-0.2, -0.15) is 4.31 Å². The third-order valence-corrected chi connectivity index (χ3v) is 7.45. The molecule has 28 heavy (non-hydrogen) atoms. The Kier molecular flexibility index (Phi) is 6.36. The zero-order valence-electron chi connectivity index (χ0n) is 15.7. The summed E-state index contributed by atoms with van der Waals surface area (Å²) >= 11 is 1.20. The molecule has 1 aromatic carbocycles. The number of aromatic nitrogens is 1. The number of amides is 1. The van der Waals surface area contributed by atoms with Crippen LogP contribution in [0.3, 0.4) is 0 Å². The molecule has 3 rings (SSSR count). The molecular formula is C19H22FN3O3S2. The van der Waals surface area contributed by atoms with Crippen molar-refractivity contribution >= 4 is 33.4 Å². The maximum absolute atomic E-state index is 13.6. The predicted octanol–water partition coefficient (Wildman–Crippen LogP) is 3.43. The summed E-state index contributed by atoms with van der Waals surface area (Å²) in [6.07, 6.45) is 3.08. The van der Waals surface area contributed by atoms with Crippen molar-refractivity contribution in [2.75, 3.05) is 18.4 Å². The Labute approximate surface area is 168 Å². The first-order chi connectivity index (χ1) is 13.3. The van der Waals surface area contributed by atoms with Gasteiger partial charge in [0.1, 0.15) is 10.7 Å². The lowest BCUT2D eigenvalue weighted by atomic mass is 10.2. The summed E-state index contributed by atoms with van der Waals surface area (Å²) in [5.74, 6) is -0.668. The number of rotatable bonds is 6. The summed E-state index contributed by atoms with van der Waals surface area (Å²) in [6.45, 7) is 4.44. The lowest BCUT2D eigenvalue weighted by Crippen LogP contribution is -2.28. The molecule has 1 N–H and O–H groups in total. The molecule has 0 aliphatic carbocycles. The van der Waals surface area contributed by atoms with Gasteiger partial charge in [0, 0.05) is 25.0 Å². The molecule has 2 aromatic rings. The van der Waals surface area contributed by atoms with Crippen LogP contribution in [0.5, 0.6) is 0 Å². The normalized spacial score (nSPS) is 16.1. The van der Waals surface area contributed by atoms with Crippen molar-refractivity contribution < 1.29 is 17.6 Å². The molecule has 1 amide bonds. The number of sulfonamides is 1. The molecule has 1 atom stereocenters. The fourth-order valence-corrected chi connectivity index (χ4v) is 5.07. The minimum Gasteiger partial charge on any atom is -0.325 e. The summed E-state index contributed by atoms with van der Waals surface area (Å²) in [6, 6.07) is 7.64. The Balaban J connectivity index is 1.62. The Morgan fingerprint density at radius 2 is 1.96 bits per heavy atom. The minimum atomic E-state index is -3.50. The Morgan fingerprint density at radius 3 is 2.57 bits per heavy atom. The molecule has 1 fully saturated rings. The largest absolute Gasteiger partial charge is 0.325 e. The molecule has 2 heterocycles. The van der Waals surface area contributed by atoms with E-state index < -0.39 is 15.3 Å². The van der Waals surface area contributed by atoms with Gasteiger partial charge in [-0.3, -0.25) is 4.79 Å². The molecular weight excluding hydrogens is 401 g/mol. The highest BCUT2D eigenvalue weighted by molar-refractivity contribution is 8.00. The molecule has 9 heteroatoms. The highest BCUT2D eigenvalue weighted by Crippen LogP contribution is 2.25. The Morgan fingerprint density at radius 1 is 1.25 bits per heavy atom. The SMILES string of the molecule is Cc1ccc(NC(=O)C(C)Sc2ccc(S(=O)(=O)N3CCCC3)cn2)cc1F. The molecule has 150 valence electrons. The minimum absolute atomic E-state index is 0.158. The topological polar surface area (TPSA) is 79.4 Å². The van der Waals surface area contributed by atoms with Gasteiger partial charge >= 0.3 is 0 Å². The van der Waals surface area contributed by atoms with Crippen LogP contribution in [-0.2, 0) is 14.8 Å². The number of thioether (sulfide) groups is 1. The van der Waals surface area contributed by atoms with E-state index in [1.165, 1.54) is 34.4 Å². The fraction of sp³-hybridized carbons (Fsp3) is 0.368. The van der Waals surface area contributed by atoms with E-state index in [9.17, 15) is 17.6 Å². The predicted molar refractivity (Wildman–Crippen MR) is 107 cm³/mol. The number of aryl methyl sites for hydroxylation is 1. The lowest BCUT2D eigenvalue weighted by Gasteiger charge is -2.15. The molecule has 1 saturated heterocycles. The van der Waals surface area contributed by atoms with Gasteiger partial charge in [0.05, 0.1) is 10.3 Å². The van der Waals surface area contributed by atoms with Crippen LogP contribution in [0, 0.1) is 12.7 Å². The van der Waals surface area contributed by atoms with E-state index in [0.717, 1.165) is 12.8 Å². The second-order valence-corrected chi connectivity index (χ2v) is 9.96. The van der Waals surface area contributed by atoms with Gasteiger partial charge in [-0.25, -0.2) is 17.8 Å². The van der Waals surface area contributed by atoms with Crippen molar-refractivity contribution in [2.24, 2.45) is 0 Å². The fourth-order valence-electron chi connectivity index (χ4n) is 2.82. The molecule has 6 nitrogen and oxygen atoms in total. The summed E-state index contributed by atoms with van der Waals surface area (Å²) in [4.78, 5) is 16.7. The maximum atomic E-state index is 13.6. The Hall–Kier alpha value is -1.97. The standard InChI is InChI=1S/C19H22FN3O3S2/c1-13-5-6-15(11-17(13)20)22-19(24)14(2)27-18-8-7-16(12-21-18)28(25,26)23-9-3-4-10-23/h5-8,11-12,14H,3-4,9-10H2,1-2H3,(H,22,24). The molecule has 1 unspecified atom stereocenters. The molecule has 0 saturated carbocycles. The summed E-state index contributed by atoms with van der Waals surface area (Å²) in [5.41, 5.74) is 0.897. The van der Waals surface area contributed by atoms with Gasteiger partial charge < -0.3 is 5.32 Å². The molecule has 1 aliphatic heterocycles. The average molecular weight is 424 g/mol. The van der Waals surface area contributed by atoms with Gasteiger partial charge in [-0.05, 0) is 56.5 Å². The van der Waals surface area contributed by atoms with Crippen LogP contribution < -0.4 is 5.32 Å². The van der Waals surface area contributed by atoms with E-state index in [0.29, 0.717) is 29.4 Å². The first-order valence-electron chi connectivity index (χ1n) is 8.97. The van der Waals surface area contributed by atoms with Crippen LogP contribution >= 0.6 is 11.8 Å². The maximum Gasteiger partial charge on any atom is 0.244 e. The van der Waals surface area contributed by atoms with Gasteiger partial charge in [0.15, 0.2) is 0 Å². The summed E-state index contributed by atoms with van der Waals surface area (Å²) in [7, 11) is -3.50. The van der Waals surface area contributed by atoms with E-state index >= 15 is 0 Å². The molecule has 0 radical (unpaired) electrons. The number of halogens is 1. The van der Waals surface area contributed by atoms with Gasteiger partial charge in [0.25, 0.3) is 0 Å². The number of carbonyl (C=O) groups is 1. The van der Waals surface area contributed by atoms with Crippen molar-refractivity contribution in [2.45, 2.75) is 41.9 Å². The monoisotopic (exact) mass is 423 g/mol. The van der Waals surface area contributed by atoms with Crippen molar-refractivity contribution in [3.8, 4) is 0 Å². The van der Waals surface area contributed by atoms with Crippen LogP contribution in [0.4, 0.5) is 10.1 Å². The van der Waals surface area contributed by atoms with E-state index in [2.05, 4.69) is 10.3 Å². The first kappa shape index (κ1) is 20.8. The van der Waals surface area contributed by atoms with Crippen LogP contribution in [0.1, 0.15) is 25.3 Å². The number of nitrogens with zero attached hydrogens (tertiary/aromatic N) is 2. The first-order valence-corrected chi connectivity index (χ1v) is 11.3. The van der Waals surface area contributed by atoms with Crippen LogP contribution in [0.25, 0.3) is 0 Å². The highest BCUT2D eigenvalue weighted by Gasteiger charge is 2.27. The summed E-state index contributed by atoms with van der Waals surface area (Å²) < 4.78 is 40.1. The van der Waals surface area contributed by atoms with Gasteiger partial charge in [-0.1, -0.05) is 17.8 Å². The van der Waals surface area contributed by atoms with Crippen LogP contribution in [-0.4, -0.2) is 42.0 Å². The lowest BCUT2D eigenvalue weighted by molar-refractivity contribution is -0.115. The number of nitrogens with one attached hydrogen (secondary N) is 1. The van der Waals surface area contributed by atoms with E-state index in [1.807, 2.05) is 0 Å². The molecule has 0 spiro atoms. The van der Waals surface area contributed by atoms with Crippen molar-refractivity contribution in [3.63, 3.8) is 0 Å². The zero-order valence-corrected chi connectivity index (χ0v) is 17.3. The smallest absolute Gasteiger partial charge is 0.244 e. The number of carbonyl (C=O) groups excluding carboxylic acids is 1. The average Bonchev–Trinajstić information content (AvgIpc) is 3.21. The van der Waals surface area contributed by atoms with Crippen molar-refractivity contribution in [3.05, 3.63) is 47.9 Å². The Bertz CT molecular complexity index is 959. The zero-order chi connectivity index (χ0) is 20.3. The number of pyridine rings is 1. The number of benzene rings is 1. The number of hydrogen-bond acceptors (Lipinski definition) is 5. The van der Waals surface area contributed by atoms with E-state index in [-0.39, 0.29) is 16.6 Å². The van der Waals surface area contributed by atoms with Gasteiger partial charge in [0.2, 0.25) is 15.9 Å². The second kappa shape index (κ2) is 8.59. The molecule has 1 aliphatic rings. The van der Waals surface area contributed by atoms with Crippen LogP contribution in [0.15, 0.2) is 46.5 Å². The quantitative estimate of drug-likeness (QED) is 0.720. The highest BCUT2D eigenvalue weighted by atomic mass is 32.2. The third kappa shape index (κ3) is 4.71. The van der Waals surface area contributed by atoms with Crippen molar-refractivity contribution in [1.82, 2.24) is 9.29 Å². The van der Waals surface area contributed by atoms with E-state index in [1.54, 1.807) is 32.0 Å². The van der Waals surface area contributed by atoms with Crippen molar-refractivity contribution in [1.29, 1.82) is 0 Å². The van der Waals surface area contributed by atoms with Crippen LogP contribution in [0.2, 0.25) is 0 Å². The van der Waals surface area contributed by atoms with E-state index in [4.69, 9.17) is 0 Å². The number of hydrogen-bond donors (Lipinski definition) is 1. The summed E-state index contributed by atoms with van der Waals surface area (Å²) in [5, 5.41) is 2.72. The number of anilines is 1. The molecule has 1 aromatic heterocycles. The third-order valence-electron chi connectivity index (χ3n) is 4.52. The second-order valence-electron chi connectivity index (χ2n) is 6.66.